The Bertz CT molecular complexity index is 1320. The molecule has 2 heterocycles. The number of aliphatic hydroxyl groups is 8. The van der Waals surface area contributed by atoms with Crippen LogP contribution in [0.1, 0.15) is 48.5 Å². The second-order valence-electron chi connectivity index (χ2n) is 11.2. The monoisotopic (exact) mass is 698 g/mol. The van der Waals surface area contributed by atoms with Crippen molar-refractivity contribution in [1.82, 2.24) is 0 Å². The van der Waals surface area contributed by atoms with E-state index in [-0.39, 0.29) is 0 Å². The maximum atomic E-state index is 13.3. The van der Waals surface area contributed by atoms with Crippen LogP contribution in [-0.4, -0.2) is 150 Å². The van der Waals surface area contributed by atoms with Crippen LogP contribution < -0.4 is 0 Å². The number of halogens is 1. The zero-order chi connectivity index (χ0) is 34.9. The summed E-state index contributed by atoms with van der Waals surface area (Å²) in [6, 6.07) is 0. The maximum Gasteiger partial charge on any atom is 0.199 e. The Balaban J connectivity index is 3.39. The molecule has 2 aliphatic rings. The third kappa shape index (κ3) is 4.31. The molecule has 0 radical (unpaired) electrons. The van der Waals surface area contributed by atoms with E-state index in [0.29, 0.717) is 48.5 Å². The van der Waals surface area contributed by atoms with Crippen molar-refractivity contribution in [3.63, 3.8) is 0 Å². The average Bonchev–Trinajstić information content (AvgIpc) is 2.90. The third-order valence-corrected chi connectivity index (χ3v) is 9.65. The molecule has 0 aliphatic carbocycles. The van der Waals surface area contributed by atoms with Gasteiger partial charge in [0.05, 0.1) is 0 Å². The van der Waals surface area contributed by atoms with Gasteiger partial charge in [-0.2, -0.15) is 0 Å². The van der Waals surface area contributed by atoms with Crippen molar-refractivity contribution in [2.45, 2.75) is 118 Å². The zero-order valence-corrected chi connectivity index (χ0v) is 26.2. The lowest BCUT2D eigenvalue weighted by Gasteiger charge is -2.66. The van der Waals surface area contributed by atoms with Crippen LogP contribution >= 0.6 is 15.9 Å². The largest absolute Gasteiger partial charge is 0.382 e. The number of ketones is 7. The highest BCUT2D eigenvalue weighted by Gasteiger charge is 2.88. The zero-order valence-electron chi connectivity index (χ0n) is 24.6. The topological polar surface area (TPSA) is 300 Å². The molecule has 0 aromatic carbocycles. The normalized spacial score (nSPS) is 43.8. The molecule has 8 N–H and O–H groups in total. The molecule has 2 rings (SSSR count). The van der Waals surface area contributed by atoms with E-state index in [4.69, 9.17) is 9.47 Å². The van der Waals surface area contributed by atoms with Crippen molar-refractivity contribution in [2.24, 2.45) is 0 Å². The average molecular weight is 699 g/mol. The number of hydrogen-bond donors (Lipinski definition) is 8. The minimum absolute atomic E-state index is 0.410. The van der Waals surface area contributed by atoms with Gasteiger partial charge in [0.2, 0.25) is 0 Å². The SMILES string of the molecule is CC(=O)C(O)[C@H]1O[C@H](Br)[C@@](O)(C(C)=O)[C@](O)(C(C)=O)[C@]1(O)[C@@H]1O[C@H](C(O)C(C)=O)[C@@](O)(C(C)=O)[C@@](O)(C(C)=O)[C@]1(O)C(C)=O. The summed E-state index contributed by atoms with van der Waals surface area (Å²) in [4.78, 5) is 90.3. The summed E-state index contributed by atoms with van der Waals surface area (Å²) < 4.78 is 10.8. The van der Waals surface area contributed by atoms with Crippen LogP contribution in [0.5, 0.6) is 0 Å². The number of rotatable bonds is 10. The van der Waals surface area contributed by atoms with E-state index in [1.54, 1.807) is 0 Å². The van der Waals surface area contributed by atoms with Crippen molar-refractivity contribution < 1.29 is 83.9 Å². The molecule has 17 nitrogen and oxygen atoms in total. The number of aliphatic hydroxyl groups excluding tert-OH is 2. The molecule has 2 aliphatic heterocycles. The summed E-state index contributed by atoms with van der Waals surface area (Å²) in [5.41, 5.74) is -24.5. The van der Waals surface area contributed by atoms with Gasteiger partial charge in [-0.1, -0.05) is 15.9 Å². The van der Waals surface area contributed by atoms with Crippen LogP contribution in [0.15, 0.2) is 0 Å². The first-order chi connectivity index (χ1) is 19.7. The van der Waals surface area contributed by atoms with E-state index >= 15 is 0 Å². The quantitative estimate of drug-likeness (QED) is 0.0991. The number of carbonyl (C=O) groups is 7. The molecule has 0 saturated carbocycles. The second-order valence-corrected chi connectivity index (χ2v) is 12.1. The van der Waals surface area contributed by atoms with Crippen LogP contribution in [0.2, 0.25) is 0 Å². The Kier molecular flexibility index (Phi) is 9.95. The molecular weight excluding hydrogens is 664 g/mol. The van der Waals surface area contributed by atoms with Gasteiger partial charge < -0.3 is 50.3 Å². The molecule has 2 saturated heterocycles. The van der Waals surface area contributed by atoms with Gasteiger partial charge in [0, 0.05) is 0 Å². The maximum absolute atomic E-state index is 13.3. The Morgan fingerprint density at radius 2 is 0.909 bits per heavy atom. The fourth-order valence-corrected chi connectivity index (χ4v) is 7.12. The van der Waals surface area contributed by atoms with Crippen LogP contribution in [0.25, 0.3) is 0 Å². The van der Waals surface area contributed by atoms with Gasteiger partial charge in [-0.15, -0.1) is 0 Å². The van der Waals surface area contributed by atoms with Crippen molar-refractivity contribution in [3.05, 3.63) is 0 Å². The Morgan fingerprint density at radius 3 is 1.23 bits per heavy atom. The van der Waals surface area contributed by atoms with Crippen LogP contribution in [0, 0.1) is 0 Å². The molecule has 0 aromatic heterocycles. The highest BCUT2D eigenvalue weighted by Crippen LogP contribution is 2.57. The number of Topliss-reactive ketones (excluding diaryl/α,β-unsaturated/α-hetero) is 7. The number of carbonyl (C=O) groups excluding carboxylic acids is 7. The fourth-order valence-electron chi connectivity index (χ4n) is 6.24. The molecule has 2 unspecified atom stereocenters. The molecular formula is C26H35BrO17. The molecule has 0 spiro atoms. The number of alkyl halides is 1. The van der Waals surface area contributed by atoms with Crippen LogP contribution in [0.4, 0.5) is 0 Å². The molecule has 0 aromatic rings. The second kappa shape index (κ2) is 11.5. The van der Waals surface area contributed by atoms with E-state index in [9.17, 15) is 74.4 Å². The Hall–Kier alpha value is -2.23. The minimum Gasteiger partial charge on any atom is -0.382 e. The van der Waals surface area contributed by atoms with E-state index < -0.39 is 110 Å². The first-order valence-electron chi connectivity index (χ1n) is 12.9. The molecule has 0 bridgehead atoms. The van der Waals surface area contributed by atoms with Gasteiger partial charge in [-0.25, -0.2) is 0 Å². The Morgan fingerprint density at radius 1 is 0.545 bits per heavy atom. The van der Waals surface area contributed by atoms with E-state index in [2.05, 4.69) is 15.9 Å². The van der Waals surface area contributed by atoms with Gasteiger partial charge in [0.25, 0.3) is 0 Å². The highest BCUT2D eigenvalue weighted by molar-refractivity contribution is 9.09. The molecule has 2 fully saturated rings. The molecule has 12 atom stereocenters. The van der Waals surface area contributed by atoms with E-state index in [1.165, 1.54) is 0 Å². The first-order valence-corrected chi connectivity index (χ1v) is 13.8. The summed E-state index contributed by atoms with van der Waals surface area (Å²) >= 11 is 2.70. The predicted molar refractivity (Wildman–Crippen MR) is 143 cm³/mol. The van der Waals surface area contributed by atoms with Gasteiger partial charge in [-0.3, -0.25) is 33.6 Å². The predicted octanol–water partition coefficient (Wildman–Crippen LogP) is -4.89. The van der Waals surface area contributed by atoms with Crippen molar-refractivity contribution in [1.29, 1.82) is 0 Å². The molecule has 248 valence electrons. The van der Waals surface area contributed by atoms with Gasteiger partial charge >= 0.3 is 0 Å². The molecule has 0 amide bonds. The number of ether oxygens (including phenoxy) is 2. The van der Waals surface area contributed by atoms with Gasteiger partial charge in [-0.05, 0) is 48.5 Å². The summed E-state index contributed by atoms with van der Waals surface area (Å²) in [6.45, 7) is 3.72. The van der Waals surface area contributed by atoms with Crippen LogP contribution in [0.3, 0.4) is 0 Å². The lowest BCUT2D eigenvalue weighted by atomic mass is 9.51. The molecule has 18 heteroatoms. The van der Waals surface area contributed by atoms with E-state index in [0.717, 1.165) is 0 Å². The summed E-state index contributed by atoms with van der Waals surface area (Å²) in [5.74, 6) is -11.4. The number of hydrogen-bond acceptors (Lipinski definition) is 17. The van der Waals surface area contributed by atoms with Crippen LogP contribution in [-0.2, 0) is 43.0 Å². The minimum atomic E-state index is -4.25. The smallest absolute Gasteiger partial charge is 0.199 e. The highest BCUT2D eigenvalue weighted by atomic mass is 79.9. The summed E-state index contributed by atoms with van der Waals surface area (Å²) in [6.07, 6.45) is -14.7. The Labute approximate surface area is 257 Å². The lowest BCUT2D eigenvalue weighted by Crippen LogP contribution is -2.95. The standard InChI is InChI=1S/C26H35BrO17/c1-8(28)15(35)17-21(37,10(3)30)25(41,13(6)33)22(38,11(4)31)19(43-17)24(40)18(16(36)9(2)29)44-20(27)23(39,12(5)32)26(24,42)14(7)34/h15-20,35-42H,1-7H3/t15?,16?,17-,18-,19-,20+,21+,22+,23+,24-,25+,26-/m1/s1. The molecule has 44 heavy (non-hydrogen) atoms. The van der Waals surface area contributed by atoms with Crippen molar-refractivity contribution in [2.75, 3.05) is 0 Å². The summed E-state index contributed by atoms with van der Waals surface area (Å²) in [7, 11) is 0. The first kappa shape index (κ1) is 38.0. The van der Waals surface area contributed by atoms with E-state index in [1.807, 2.05) is 0 Å². The fraction of sp³-hybridized carbons (Fsp3) is 0.731. The van der Waals surface area contributed by atoms with Crippen molar-refractivity contribution >= 4 is 56.4 Å². The summed E-state index contributed by atoms with van der Waals surface area (Å²) in [5, 5.41) is 91.0. The third-order valence-electron chi connectivity index (χ3n) is 8.77. The van der Waals surface area contributed by atoms with Gasteiger partial charge in [0.15, 0.2) is 79.1 Å². The van der Waals surface area contributed by atoms with Crippen molar-refractivity contribution in [3.8, 4) is 0 Å². The lowest BCUT2D eigenvalue weighted by molar-refractivity contribution is -0.400. The van der Waals surface area contributed by atoms with Gasteiger partial charge in [0.1, 0.15) is 30.5 Å².